The van der Waals surface area contributed by atoms with E-state index in [1.165, 1.54) is 25.5 Å². The second-order valence-corrected chi connectivity index (χ2v) is 9.90. The summed E-state index contributed by atoms with van der Waals surface area (Å²) in [6.45, 7) is 2.18. The lowest BCUT2D eigenvalue weighted by molar-refractivity contribution is 0.0799. The van der Waals surface area contributed by atoms with Crippen LogP contribution in [0.2, 0.25) is 0 Å². The zero-order valence-corrected chi connectivity index (χ0v) is 14.5. The molecule has 2 atom stereocenters. The van der Waals surface area contributed by atoms with Gasteiger partial charge in [0.1, 0.15) is 9.84 Å². The lowest BCUT2D eigenvalue weighted by atomic mass is 9.73. The maximum absolute atomic E-state index is 11.7. The highest BCUT2D eigenvalue weighted by atomic mass is 32.2. The summed E-state index contributed by atoms with van der Waals surface area (Å²) < 4.78 is 23.4. The lowest BCUT2D eigenvalue weighted by Gasteiger charge is -2.44. The minimum atomic E-state index is -2.86. The lowest BCUT2D eigenvalue weighted by Crippen LogP contribution is -2.53. The predicted molar refractivity (Wildman–Crippen MR) is 90.4 cm³/mol. The topological polar surface area (TPSA) is 63.4 Å². The molecule has 2 fully saturated rings. The zero-order valence-electron chi connectivity index (χ0n) is 13.7. The van der Waals surface area contributed by atoms with Gasteiger partial charge in [0.2, 0.25) is 0 Å². The molecule has 1 heterocycles. The highest BCUT2D eigenvalue weighted by Gasteiger charge is 2.37. The number of hydrogen-bond donors (Lipinski definition) is 1. The van der Waals surface area contributed by atoms with E-state index in [2.05, 4.69) is 17.1 Å². The van der Waals surface area contributed by atoms with E-state index in [1.54, 1.807) is 0 Å². The fourth-order valence-electron chi connectivity index (χ4n) is 4.79. The Balaban J connectivity index is 1.52. The Hall–Kier alpha value is -0.390. The largest absolute Gasteiger partial charge is 0.326 e. The molecule has 0 aromatic rings. The van der Waals surface area contributed by atoms with Crippen molar-refractivity contribution in [3.8, 4) is 0 Å². The summed E-state index contributed by atoms with van der Waals surface area (Å²) in [5.41, 5.74) is 6.51. The summed E-state index contributed by atoms with van der Waals surface area (Å²) in [5, 5.41) is -0.107. The Morgan fingerprint density at radius 3 is 2.23 bits per heavy atom. The van der Waals surface area contributed by atoms with Crippen LogP contribution in [-0.2, 0) is 9.84 Å². The first-order valence-corrected chi connectivity index (χ1v) is 10.7. The van der Waals surface area contributed by atoms with Crippen molar-refractivity contribution in [1.82, 2.24) is 4.90 Å². The van der Waals surface area contributed by atoms with E-state index >= 15 is 0 Å². The first kappa shape index (κ1) is 16.5. The molecule has 0 aromatic carbocycles. The van der Waals surface area contributed by atoms with E-state index in [9.17, 15) is 8.42 Å². The minimum absolute atomic E-state index is 0.107. The van der Waals surface area contributed by atoms with Gasteiger partial charge in [-0.15, -0.1) is 0 Å². The number of nitrogens with two attached hydrogens (primary N) is 1. The summed E-state index contributed by atoms with van der Waals surface area (Å²) in [7, 11) is -2.86. The van der Waals surface area contributed by atoms with Crippen LogP contribution in [0.5, 0.6) is 0 Å². The maximum Gasteiger partial charge on any atom is 0.150 e. The minimum Gasteiger partial charge on any atom is -0.326 e. The monoisotopic (exact) mass is 326 g/mol. The van der Waals surface area contributed by atoms with Crippen molar-refractivity contribution in [3.05, 3.63) is 12.2 Å². The van der Waals surface area contributed by atoms with Gasteiger partial charge in [0.25, 0.3) is 0 Å². The molecular weight excluding hydrogens is 296 g/mol. The number of hydrogen-bond acceptors (Lipinski definition) is 4. The molecule has 2 aliphatic carbocycles. The van der Waals surface area contributed by atoms with Gasteiger partial charge in [-0.05, 0) is 63.3 Å². The molecule has 1 aliphatic heterocycles. The molecule has 0 radical (unpaired) electrons. The van der Waals surface area contributed by atoms with Crippen LogP contribution in [0.15, 0.2) is 12.2 Å². The molecule has 1 saturated heterocycles. The molecule has 1 saturated carbocycles. The van der Waals surface area contributed by atoms with Crippen LogP contribution in [0, 0.1) is 11.8 Å². The van der Waals surface area contributed by atoms with Crippen LogP contribution in [0.25, 0.3) is 0 Å². The number of piperidine rings is 1. The van der Waals surface area contributed by atoms with Gasteiger partial charge in [-0.2, -0.15) is 0 Å². The first-order chi connectivity index (χ1) is 10.4. The highest BCUT2D eigenvalue weighted by molar-refractivity contribution is 7.91. The molecule has 4 nitrogen and oxygen atoms in total. The fourth-order valence-corrected chi connectivity index (χ4v) is 5.92. The second-order valence-electron chi connectivity index (χ2n) is 7.57. The Labute approximate surface area is 135 Å². The van der Waals surface area contributed by atoms with Gasteiger partial charge in [0, 0.05) is 24.9 Å². The van der Waals surface area contributed by atoms with E-state index in [1.807, 2.05) is 0 Å². The smallest absolute Gasteiger partial charge is 0.150 e. The van der Waals surface area contributed by atoms with Gasteiger partial charge in [-0.1, -0.05) is 12.2 Å². The molecule has 3 rings (SSSR count). The summed E-state index contributed by atoms with van der Waals surface area (Å²) in [6, 6.07) is 0.933. The van der Waals surface area contributed by atoms with Gasteiger partial charge in [0.05, 0.1) is 5.25 Å². The first-order valence-electron chi connectivity index (χ1n) is 8.78. The molecule has 0 bridgehead atoms. The molecular formula is C17H30N2O2S. The van der Waals surface area contributed by atoms with E-state index in [0.29, 0.717) is 17.9 Å². The third-order valence-corrected chi connectivity index (χ3v) is 7.86. The maximum atomic E-state index is 11.7. The molecule has 0 aromatic heterocycles. The van der Waals surface area contributed by atoms with Gasteiger partial charge < -0.3 is 5.73 Å². The van der Waals surface area contributed by atoms with Crippen LogP contribution in [-0.4, -0.2) is 50.0 Å². The van der Waals surface area contributed by atoms with Gasteiger partial charge in [-0.3, -0.25) is 4.90 Å². The average molecular weight is 327 g/mol. The Kier molecular flexibility index (Phi) is 4.95. The average Bonchev–Trinajstić information content (AvgIpc) is 3.00. The van der Waals surface area contributed by atoms with Crippen LogP contribution in [0.3, 0.4) is 0 Å². The quantitative estimate of drug-likeness (QED) is 0.805. The highest BCUT2D eigenvalue weighted by Crippen LogP contribution is 2.37. The number of rotatable bonds is 3. The van der Waals surface area contributed by atoms with Crippen LogP contribution >= 0.6 is 0 Å². The van der Waals surface area contributed by atoms with Crippen molar-refractivity contribution in [1.29, 1.82) is 0 Å². The molecule has 22 heavy (non-hydrogen) atoms. The Morgan fingerprint density at radius 2 is 1.68 bits per heavy atom. The molecule has 0 spiro atoms. The van der Waals surface area contributed by atoms with Crippen molar-refractivity contribution < 1.29 is 8.42 Å². The molecule has 5 heteroatoms. The van der Waals surface area contributed by atoms with Gasteiger partial charge >= 0.3 is 0 Å². The van der Waals surface area contributed by atoms with Crippen molar-refractivity contribution >= 4 is 9.84 Å². The predicted octanol–water partition coefficient (Wildman–Crippen LogP) is 1.96. The van der Waals surface area contributed by atoms with Crippen molar-refractivity contribution in [3.63, 3.8) is 0 Å². The van der Waals surface area contributed by atoms with Gasteiger partial charge in [-0.25, -0.2) is 8.42 Å². The normalized spacial score (nSPS) is 38.5. The SMILES string of the molecule is CS(=O)(=O)C1CCC(C2CCN(C3CC=CC3)C[C@@H]2N)CC1. The molecule has 126 valence electrons. The third-order valence-electron chi connectivity index (χ3n) is 6.17. The zero-order chi connectivity index (χ0) is 15.7. The molecule has 3 aliphatic rings. The van der Waals surface area contributed by atoms with E-state index in [-0.39, 0.29) is 11.3 Å². The Morgan fingerprint density at radius 1 is 1.05 bits per heavy atom. The fraction of sp³-hybridized carbons (Fsp3) is 0.882. The van der Waals surface area contributed by atoms with E-state index in [4.69, 9.17) is 5.73 Å². The van der Waals surface area contributed by atoms with Crippen LogP contribution < -0.4 is 5.73 Å². The molecule has 1 unspecified atom stereocenters. The molecule has 2 N–H and O–H groups in total. The van der Waals surface area contributed by atoms with Crippen molar-refractivity contribution in [2.75, 3.05) is 19.3 Å². The second kappa shape index (κ2) is 6.62. The summed E-state index contributed by atoms with van der Waals surface area (Å²) in [5.74, 6) is 1.22. The Bertz CT molecular complexity index is 501. The standard InChI is InChI=1S/C17H30N2O2S/c1-22(20,21)15-8-6-13(7-9-15)16-10-11-19(12-17(16)18)14-4-2-3-5-14/h2-3,13-17H,4-12,18H2,1H3/t13?,15?,16?,17-/m0/s1. The van der Waals surface area contributed by atoms with Crippen molar-refractivity contribution in [2.24, 2.45) is 17.6 Å². The van der Waals surface area contributed by atoms with Gasteiger partial charge in [0.15, 0.2) is 0 Å². The summed E-state index contributed by atoms with van der Waals surface area (Å²) in [4.78, 5) is 2.57. The van der Waals surface area contributed by atoms with E-state index < -0.39 is 9.84 Å². The number of nitrogens with zero attached hydrogens (tertiary/aromatic N) is 1. The van der Waals surface area contributed by atoms with Crippen LogP contribution in [0.1, 0.15) is 44.9 Å². The van der Waals surface area contributed by atoms with Crippen LogP contribution in [0.4, 0.5) is 0 Å². The summed E-state index contributed by atoms with van der Waals surface area (Å²) >= 11 is 0. The molecule has 0 amide bonds. The summed E-state index contributed by atoms with van der Waals surface area (Å²) in [6.07, 6.45) is 13.3. The van der Waals surface area contributed by atoms with E-state index in [0.717, 1.165) is 38.8 Å². The van der Waals surface area contributed by atoms with Crippen molar-refractivity contribution in [2.45, 2.75) is 62.3 Å². The number of sulfone groups is 1. The number of likely N-dealkylation sites (tertiary alicyclic amines) is 1. The third kappa shape index (κ3) is 3.57.